The first-order valence-corrected chi connectivity index (χ1v) is 17.8. The van der Waals surface area contributed by atoms with Gasteiger partial charge in [0.05, 0.1) is 13.2 Å². The fourth-order valence-corrected chi connectivity index (χ4v) is 8.77. The van der Waals surface area contributed by atoms with Crippen molar-refractivity contribution in [3.63, 3.8) is 0 Å². The molecule has 2 unspecified atom stereocenters. The van der Waals surface area contributed by atoms with Crippen molar-refractivity contribution in [2.24, 2.45) is 0 Å². The molecule has 3 nitrogen and oxygen atoms in total. The van der Waals surface area contributed by atoms with Gasteiger partial charge < -0.3 is 14.4 Å². The van der Waals surface area contributed by atoms with Gasteiger partial charge in [-0.1, -0.05) is 137 Å². The van der Waals surface area contributed by atoms with Gasteiger partial charge in [-0.25, -0.2) is 0 Å². The molecule has 47 heavy (non-hydrogen) atoms. The molecule has 5 aromatic rings. The molecule has 1 fully saturated rings. The molecule has 3 heteroatoms. The summed E-state index contributed by atoms with van der Waals surface area (Å²) >= 11 is 0. The number of hydrogen-bond acceptors (Lipinski definition) is 3. The number of anilines is 1. The third-order valence-electron chi connectivity index (χ3n) is 10.9. The van der Waals surface area contributed by atoms with Crippen molar-refractivity contribution >= 4 is 22.5 Å². The van der Waals surface area contributed by atoms with Crippen LogP contribution in [0, 0.1) is 0 Å². The van der Waals surface area contributed by atoms with Crippen LogP contribution in [0.5, 0.6) is 5.75 Å². The predicted octanol–water partition coefficient (Wildman–Crippen LogP) is 10.7. The molecule has 8 rings (SSSR count). The number of morpholine rings is 1. The predicted molar refractivity (Wildman–Crippen MR) is 196 cm³/mol. The number of fused-ring (bicyclic) bond motifs is 8. The molecule has 0 N–H and O–H groups in total. The van der Waals surface area contributed by atoms with E-state index in [0.29, 0.717) is 0 Å². The minimum atomic E-state index is -0.754. The van der Waals surface area contributed by atoms with Crippen molar-refractivity contribution in [3.05, 3.63) is 137 Å². The molecule has 0 aromatic heterocycles. The van der Waals surface area contributed by atoms with Crippen LogP contribution in [0.1, 0.15) is 80.2 Å². The maximum atomic E-state index is 7.59. The van der Waals surface area contributed by atoms with Gasteiger partial charge >= 0.3 is 0 Å². The summed E-state index contributed by atoms with van der Waals surface area (Å²) in [6.07, 6.45) is 11.9. The first kappa shape index (κ1) is 30.0. The van der Waals surface area contributed by atoms with E-state index in [1.165, 1.54) is 63.5 Å². The van der Waals surface area contributed by atoms with Gasteiger partial charge in [0.15, 0.2) is 5.60 Å². The number of unbranched alkanes of at least 4 members (excludes halogenated alkanes) is 2. The van der Waals surface area contributed by atoms with Gasteiger partial charge in [0.2, 0.25) is 0 Å². The maximum Gasteiger partial charge on any atom is 0.178 e. The number of rotatable bonds is 9. The van der Waals surface area contributed by atoms with Crippen LogP contribution in [0.2, 0.25) is 0 Å². The Morgan fingerprint density at radius 2 is 1.38 bits per heavy atom. The SMILES string of the molecule is CCCCCC1(CCC)c2ccccc2-c2c1c1c(c3ccccc23)OC(c2ccccc2)(c2ccc(N3CCOCC3)cc2)C=C1. The third kappa shape index (κ3) is 4.81. The molecule has 5 aromatic carbocycles. The quantitative estimate of drug-likeness (QED) is 0.153. The van der Waals surface area contributed by atoms with Crippen molar-refractivity contribution < 1.29 is 9.47 Å². The van der Waals surface area contributed by atoms with Crippen LogP contribution >= 0.6 is 0 Å². The Kier molecular flexibility index (Phi) is 7.89. The first-order valence-electron chi connectivity index (χ1n) is 17.8. The Balaban J connectivity index is 1.35. The summed E-state index contributed by atoms with van der Waals surface area (Å²) < 4.78 is 13.2. The zero-order valence-corrected chi connectivity index (χ0v) is 27.8. The second-order valence-corrected chi connectivity index (χ2v) is 13.6. The summed E-state index contributed by atoms with van der Waals surface area (Å²) in [4.78, 5) is 2.41. The van der Waals surface area contributed by atoms with E-state index in [0.717, 1.165) is 62.4 Å². The smallest absolute Gasteiger partial charge is 0.178 e. The highest BCUT2D eigenvalue weighted by Gasteiger charge is 2.47. The maximum absolute atomic E-state index is 7.59. The van der Waals surface area contributed by atoms with Gasteiger partial charge in [-0.2, -0.15) is 0 Å². The fraction of sp³-hybridized carbons (Fsp3) is 0.318. The first-order chi connectivity index (χ1) is 23.2. The Morgan fingerprint density at radius 3 is 2.15 bits per heavy atom. The minimum Gasteiger partial charge on any atom is -0.472 e. The molecule has 2 atom stereocenters. The summed E-state index contributed by atoms with van der Waals surface area (Å²) in [6, 6.07) is 38.0. The number of ether oxygens (including phenoxy) is 2. The van der Waals surface area contributed by atoms with Crippen molar-refractivity contribution in [3.8, 4) is 16.9 Å². The normalized spacial score (nSPS) is 21.3. The van der Waals surface area contributed by atoms with Crippen LogP contribution in [0.3, 0.4) is 0 Å². The molecule has 1 aliphatic carbocycles. The molecule has 0 bridgehead atoms. The van der Waals surface area contributed by atoms with Crippen LogP contribution in [-0.2, 0) is 15.8 Å². The van der Waals surface area contributed by atoms with Crippen molar-refractivity contribution in [2.45, 2.75) is 63.4 Å². The zero-order chi connectivity index (χ0) is 31.8. The fourth-order valence-electron chi connectivity index (χ4n) is 8.77. The summed E-state index contributed by atoms with van der Waals surface area (Å²) in [6.45, 7) is 8.05. The lowest BCUT2D eigenvalue weighted by Crippen LogP contribution is -2.37. The Hall–Kier alpha value is -4.34. The van der Waals surface area contributed by atoms with Crippen LogP contribution in [-0.4, -0.2) is 26.3 Å². The van der Waals surface area contributed by atoms with Crippen LogP contribution in [0.25, 0.3) is 28.0 Å². The molecule has 0 amide bonds. The van der Waals surface area contributed by atoms with Crippen LogP contribution < -0.4 is 9.64 Å². The Morgan fingerprint density at radius 1 is 0.681 bits per heavy atom. The van der Waals surface area contributed by atoms with E-state index in [1.807, 2.05) is 0 Å². The lowest BCUT2D eigenvalue weighted by molar-refractivity contribution is 0.122. The van der Waals surface area contributed by atoms with Gasteiger partial charge in [0, 0.05) is 46.3 Å². The van der Waals surface area contributed by atoms with E-state index < -0.39 is 5.60 Å². The minimum absolute atomic E-state index is 0.0375. The van der Waals surface area contributed by atoms with E-state index in [4.69, 9.17) is 9.47 Å². The lowest BCUT2D eigenvalue weighted by atomic mass is 9.69. The molecular weight excluding hydrogens is 574 g/mol. The average molecular weight is 620 g/mol. The number of nitrogens with zero attached hydrogens (tertiary/aromatic N) is 1. The Labute approximate surface area is 279 Å². The van der Waals surface area contributed by atoms with Gasteiger partial charge in [-0.15, -0.1) is 0 Å². The standard InChI is InChI=1S/C44H45NO2/c1-3-5-13-26-43(25-4-2)39-19-12-11-18-37(39)40-35-16-9-10-17-36(35)42-38(41(40)43)24-27-44(47-42,32-14-7-6-8-15-32)33-20-22-34(23-21-33)45-28-30-46-31-29-45/h6-12,14-24,27H,3-5,13,25-26,28-31H2,1-2H3. The summed E-state index contributed by atoms with van der Waals surface area (Å²) in [5.41, 5.74) is 9.77. The highest BCUT2D eigenvalue weighted by Crippen LogP contribution is 2.61. The van der Waals surface area contributed by atoms with E-state index in [-0.39, 0.29) is 5.41 Å². The molecule has 0 spiro atoms. The summed E-state index contributed by atoms with van der Waals surface area (Å²) in [5.74, 6) is 1.01. The second kappa shape index (κ2) is 12.4. The van der Waals surface area contributed by atoms with Crippen LogP contribution in [0.4, 0.5) is 5.69 Å². The highest BCUT2D eigenvalue weighted by atomic mass is 16.5. The zero-order valence-electron chi connectivity index (χ0n) is 27.8. The monoisotopic (exact) mass is 619 g/mol. The van der Waals surface area contributed by atoms with E-state index >= 15 is 0 Å². The van der Waals surface area contributed by atoms with Crippen molar-refractivity contribution in [1.82, 2.24) is 0 Å². The molecule has 2 heterocycles. The summed E-state index contributed by atoms with van der Waals surface area (Å²) in [7, 11) is 0. The topological polar surface area (TPSA) is 21.7 Å². The average Bonchev–Trinajstić information content (AvgIpc) is 3.43. The highest BCUT2D eigenvalue weighted by molar-refractivity contribution is 6.08. The van der Waals surface area contributed by atoms with Crippen molar-refractivity contribution in [1.29, 1.82) is 0 Å². The lowest BCUT2D eigenvalue weighted by Gasteiger charge is -2.40. The molecule has 2 aliphatic heterocycles. The van der Waals surface area contributed by atoms with Crippen LogP contribution in [0.15, 0.2) is 109 Å². The summed E-state index contributed by atoms with van der Waals surface area (Å²) in [5, 5.41) is 2.48. The van der Waals surface area contributed by atoms with Gasteiger partial charge in [0.1, 0.15) is 5.75 Å². The number of benzene rings is 5. The molecule has 3 aliphatic rings. The van der Waals surface area contributed by atoms with E-state index in [9.17, 15) is 0 Å². The second-order valence-electron chi connectivity index (χ2n) is 13.6. The van der Waals surface area contributed by atoms with E-state index in [1.54, 1.807) is 0 Å². The molecular formula is C44H45NO2. The molecule has 0 radical (unpaired) electrons. The van der Waals surface area contributed by atoms with E-state index in [2.05, 4.69) is 134 Å². The molecule has 0 saturated carbocycles. The molecule has 238 valence electrons. The van der Waals surface area contributed by atoms with Gasteiger partial charge in [-0.3, -0.25) is 0 Å². The third-order valence-corrected chi connectivity index (χ3v) is 10.9. The molecule has 1 saturated heterocycles. The largest absolute Gasteiger partial charge is 0.472 e. The van der Waals surface area contributed by atoms with Gasteiger partial charge in [0.25, 0.3) is 0 Å². The number of hydrogen-bond donors (Lipinski definition) is 0. The van der Waals surface area contributed by atoms with Gasteiger partial charge in [-0.05, 0) is 58.7 Å². The Bertz CT molecular complexity index is 1920. The van der Waals surface area contributed by atoms with Crippen molar-refractivity contribution in [2.75, 3.05) is 31.2 Å².